The van der Waals surface area contributed by atoms with Crippen molar-refractivity contribution < 1.29 is 33.5 Å². The zero-order valence-electron chi connectivity index (χ0n) is 29.7. The van der Waals surface area contributed by atoms with Gasteiger partial charge in [0.2, 0.25) is 23.6 Å². The highest BCUT2D eigenvalue weighted by molar-refractivity contribution is 5.96. The molecule has 2 heterocycles. The van der Waals surface area contributed by atoms with Gasteiger partial charge in [-0.15, -0.1) is 0 Å². The van der Waals surface area contributed by atoms with Gasteiger partial charge < -0.3 is 35.4 Å². The number of esters is 1. The van der Waals surface area contributed by atoms with Crippen LogP contribution < -0.4 is 16.0 Å². The molecule has 2 saturated heterocycles. The smallest absolute Gasteiger partial charge is 0.320 e. The number of fused-ring (bicyclic) bond motifs is 1. The van der Waals surface area contributed by atoms with E-state index >= 15 is 0 Å². The van der Waals surface area contributed by atoms with Gasteiger partial charge in [0.05, 0.1) is 6.42 Å². The third kappa shape index (κ3) is 9.93. The van der Waals surface area contributed by atoms with Crippen molar-refractivity contribution in [1.82, 2.24) is 30.7 Å². The molecule has 0 aliphatic carbocycles. The van der Waals surface area contributed by atoms with E-state index in [2.05, 4.69) is 16.0 Å². The van der Waals surface area contributed by atoms with Crippen LogP contribution in [0.2, 0.25) is 0 Å². The van der Waals surface area contributed by atoms with Gasteiger partial charge in [-0.1, -0.05) is 71.9 Å². The van der Waals surface area contributed by atoms with Crippen LogP contribution in [0.25, 0.3) is 0 Å². The predicted molar refractivity (Wildman–Crippen MR) is 180 cm³/mol. The summed E-state index contributed by atoms with van der Waals surface area (Å²) in [5.41, 5.74) is 0.805. The lowest BCUT2D eigenvalue weighted by Gasteiger charge is -2.38. The summed E-state index contributed by atoms with van der Waals surface area (Å²) >= 11 is 0. The average Bonchev–Trinajstić information content (AvgIpc) is 3.50. The van der Waals surface area contributed by atoms with E-state index in [0.29, 0.717) is 25.8 Å². The molecule has 1 aromatic rings. The second-order valence-electron chi connectivity index (χ2n) is 14.0. The summed E-state index contributed by atoms with van der Waals surface area (Å²) in [7, 11) is 3.08. The molecular weight excluding hydrogens is 616 g/mol. The molecule has 3 N–H and O–H groups in total. The predicted octanol–water partition coefficient (Wildman–Crippen LogP) is 2.29. The van der Waals surface area contributed by atoms with Crippen molar-refractivity contribution in [3.8, 4) is 0 Å². The molecule has 3 rings (SSSR count). The molecule has 48 heavy (non-hydrogen) atoms. The van der Waals surface area contributed by atoms with Crippen molar-refractivity contribution in [2.75, 3.05) is 27.2 Å². The van der Waals surface area contributed by atoms with Gasteiger partial charge in [0.25, 0.3) is 0 Å². The van der Waals surface area contributed by atoms with Gasteiger partial charge in [0.1, 0.15) is 24.2 Å². The first-order chi connectivity index (χ1) is 22.6. The molecule has 5 atom stereocenters. The number of cyclic esters (lactones) is 1. The Morgan fingerprint density at radius 2 is 1.44 bits per heavy atom. The lowest BCUT2D eigenvalue weighted by molar-refractivity contribution is -0.152. The number of hydrogen-bond acceptors (Lipinski definition) is 7. The number of urea groups is 1. The Bertz CT molecular complexity index is 1300. The van der Waals surface area contributed by atoms with E-state index < -0.39 is 66.0 Å². The Kier molecular flexibility index (Phi) is 13.8. The quantitative estimate of drug-likeness (QED) is 0.392. The molecule has 2 fully saturated rings. The Hall–Kier alpha value is -4.16. The van der Waals surface area contributed by atoms with Gasteiger partial charge >= 0.3 is 12.0 Å². The van der Waals surface area contributed by atoms with Crippen LogP contribution in [0, 0.1) is 17.8 Å². The van der Waals surface area contributed by atoms with Crippen LogP contribution in [0.1, 0.15) is 72.8 Å². The van der Waals surface area contributed by atoms with Crippen molar-refractivity contribution >= 4 is 35.6 Å². The highest BCUT2D eigenvalue weighted by Gasteiger charge is 2.41. The zero-order chi connectivity index (χ0) is 35.7. The molecule has 6 amide bonds. The normalized spacial score (nSPS) is 26.0. The SMILES string of the molecule is CC(C)CC1NC(=O)N2CCCC2C(=O)NC(Cc2ccccc2)C(=O)N(C)C(C(C)C)C(=O)N(C)C(C(C)C)C(=O)NCCC(=O)O1. The summed E-state index contributed by atoms with van der Waals surface area (Å²) in [6.07, 6.45) is 0.369. The minimum absolute atomic E-state index is 0.0349. The molecule has 13 nitrogen and oxygen atoms in total. The molecule has 0 aromatic heterocycles. The van der Waals surface area contributed by atoms with Gasteiger partial charge in [-0.2, -0.15) is 0 Å². The van der Waals surface area contributed by atoms with Crippen molar-refractivity contribution in [2.24, 2.45) is 17.8 Å². The number of nitrogens with one attached hydrogen (secondary N) is 3. The van der Waals surface area contributed by atoms with Gasteiger partial charge in [-0.3, -0.25) is 24.0 Å². The number of carbonyl (C=O) groups is 6. The topological polar surface area (TPSA) is 157 Å². The third-order valence-electron chi connectivity index (χ3n) is 8.90. The number of rotatable bonds is 6. The second-order valence-corrected chi connectivity index (χ2v) is 14.0. The minimum atomic E-state index is -1.04. The number of carbonyl (C=O) groups excluding carboxylic acids is 6. The summed E-state index contributed by atoms with van der Waals surface area (Å²) in [5, 5.41) is 8.44. The summed E-state index contributed by atoms with van der Waals surface area (Å²) in [4.78, 5) is 86.1. The van der Waals surface area contributed by atoms with Crippen LogP contribution in [-0.4, -0.2) is 108 Å². The molecule has 13 heteroatoms. The van der Waals surface area contributed by atoms with Crippen molar-refractivity contribution in [3.05, 3.63) is 35.9 Å². The summed E-state index contributed by atoms with van der Waals surface area (Å²) in [6.45, 7) is 11.4. The number of benzene rings is 1. The lowest BCUT2D eigenvalue weighted by atomic mass is 9.96. The number of ether oxygens (including phenoxy) is 1. The van der Waals surface area contributed by atoms with E-state index in [1.165, 1.54) is 28.8 Å². The minimum Gasteiger partial charge on any atom is -0.442 e. The fourth-order valence-electron chi connectivity index (χ4n) is 6.55. The van der Waals surface area contributed by atoms with E-state index in [-0.39, 0.29) is 37.1 Å². The maximum absolute atomic E-state index is 14.3. The molecule has 0 bridgehead atoms. The van der Waals surface area contributed by atoms with Gasteiger partial charge in [0.15, 0.2) is 6.23 Å². The molecule has 0 spiro atoms. The van der Waals surface area contributed by atoms with Gasteiger partial charge in [-0.25, -0.2) is 4.79 Å². The van der Waals surface area contributed by atoms with Gasteiger partial charge in [-0.05, 0) is 36.2 Å². The Morgan fingerprint density at radius 3 is 2.04 bits per heavy atom. The first kappa shape index (κ1) is 38.3. The fraction of sp³-hybridized carbons (Fsp3) is 0.657. The number of hydrogen-bond donors (Lipinski definition) is 3. The Morgan fingerprint density at radius 1 is 0.812 bits per heavy atom. The molecule has 2 aliphatic heterocycles. The fourth-order valence-corrected chi connectivity index (χ4v) is 6.55. The van der Waals surface area contributed by atoms with E-state index in [1.807, 2.05) is 71.9 Å². The summed E-state index contributed by atoms with van der Waals surface area (Å²) in [6, 6.07) is 4.97. The molecule has 2 aliphatic rings. The van der Waals surface area contributed by atoms with Crippen LogP contribution in [0.3, 0.4) is 0 Å². The largest absolute Gasteiger partial charge is 0.442 e. The van der Waals surface area contributed by atoms with E-state index in [1.54, 1.807) is 0 Å². The van der Waals surface area contributed by atoms with Crippen LogP contribution in [0.5, 0.6) is 0 Å². The van der Waals surface area contributed by atoms with Crippen LogP contribution in [-0.2, 0) is 35.1 Å². The molecule has 0 saturated carbocycles. The first-order valence-corrected chi connectivity index (χ1v) is 17.0. The van der Waals surface area contributed by atoms with Crippen molar-refractivity contribution in [3.63, 3.8) is 0 Å². The van der Waals surface area contributed by atoms with Crippen molar-refractivity contribution in [1.29, 1.82) is 0 Å². The Balaban J connectivity index is 2.04. The molecule has 1 aromatic carbocycles. The maximum Gasteiger partial charge on any atom is 0.320 e. The van der Waals surface area contributed by atoms with Crippen LogP contribution in [0.15, 0.2) is 30.3 Å². The molecule has 5 unspecified atom stereocenters. The standard InChI is InChI=1S/C35H54N6O7/c1-21(2)19-27-38-35(47)41-18-12-15-26(41)31(43)37-25(20-24-13-10-9-11-14-24)33(45)40(8)30(23(5)6)34(46)39(7)29(22(3)4)32(44)36-17-16-28(42)48-27/h9-11,13-14,21-23,25-27,29-30H,12,15-20H2,1-8H3,(H,36,44)(H,37,43)(H,38,47). The monoisotopic (exact) mass is 670 g/mol. The number of amides is 6. The third-order valence-corrected chi connectivity index (χ3v) is 8.90. The summed E-state index contributed by atoms with van der Waals surface area (Å²) in [5.74, 6) is -2.99. The van der Waals surface area contributed by atoms with Crippen LogP contribution in [0.4, 0.5) is 4.79 Å². The Labute approximate surface area is 284 Å². The van der Waals surface area contributed by atoms with E-state index in [0.717, 1.165) is 5.56 Å². The molecule has 266 valence electrons. The highest BCUT2D eigenvalue weighted by atomic mass is 16.6. The van der Waals surface area contributed by atoms with Crippen LogP contribution >= 0.6 is 0 Å². The zero-order valence-corrected chi connectivity index (χ0v) is 29.7. The van der Waals surface area contributed by atoms with Crippen molar-refractivity contribution in [2.45, 2.75) is 104 Å². The number of nitrogens with zero attached hydrogens (tertiary/aromatic N) is 3. The molecular formula is C35H54N6O7. The lowest BCUT2D eigenvalue weighted by Crippen LogP contribution is -2.61. The second kappa shape index (κ2) is 17.3. The first-order valence-electron chi connectivity index (χ1n) is 17.0. The van der Waals surface area contributed by atoms with Gasteiger partial charge in [0, 0.05) is 40.0 Å². The highest BCUT2D eigenvalue weighted by Crippen LogP contribution is 2.22. The van der Waals surface area contributed by atoms with E-state index in [4.69, 9.17) is 4.74 Å². The average molecular weight is 671 g/mol. The molecule has 0 radical (unpaired) electrons. The summed E-state index contributed by atoms with van der Waals surface area (Å²) < 4.78 is 5.62. The number of likely N-dealkylation sites (N-methyl/N-ethyl adjacent to an activating group) is 2. The van der Waals surface area contributed by atoms with E-state index in [9.17, 15) is 28.8 Å². The maximum atomic E-state index is 14.3.